The van der Waals surface area contributed by atoms with E-state index < -0.39 is 9.84 Å². The van der Waals surface area contributed by atoms with Gasteiger partial charge in [-0.1, -0.05) is 23.8 Å². The lowest BCUT2D eigenvalue weighted by molar-refractivity contribution is 0.587. The number of nitrogens with zero attached hydrogens (tertiary/aromatic N) is 1. The lowest BCUT2D eigenvalue weighted by Gasteiger charge is -2.29. The summed E-state index contributed by atoms with van der Waals surface area (Å²) in [6, 6.07) is 5.40. The maximum Gasteiger partial charge on any atom is 0.153 e. The zero-order valence-corrected chi connectivity index (χ0v) is 12.0. The third-order valence-electron chi connectivity index (χ3n) is 2.93. The van der Waals surface area contributed by atoms with Gasteiger partial charge >= 0.3 is 0 Å². The summed E-state index contributed by atoms with van der Waals surface area (Å²) < 4.78 is 22.7. The van der Waals surface area contributed by atoms with Crippen molar-refractivity contribution in [3.05, 3.63) is 28.8 Å². The standard InChI is InChI=1S/C11H13ClN2O2S2/c12-10-7-8(1-2-9(10)11(13)17)14-3-5-18(15,16)6-4-14/h1-2,7H,3-6H2,(H2,13,17). The number of anilines is 1. The summed E-state index contributed by atoms with van der Waals surface area (Å²) >= 11 is 11.0. The molecule has 18 heavy (non-hydrogen) atoms. The fourth-order valence-corrected chi connectivity index (χ4v) is 3.58. The first kappa shape index (κ1) is 13.6. The van der Waals surface area contributed by atoms with E-state index in [-0.39, 0.29) is 16.5 Å². The van der Waals surface area contributed by atoms with Crippen molar-refractivity contribution in [3.8, 4) is 0 Å². The predicted octanol–water partition coefficient (Wildman–Crippen LogP) is 1.21. The van der Waals surface area contributed by atoms with Crippen molar-refractivity contribution in [2.45, 2.75) is 0 Å². The minimum Gasteiger partial charge on any atom is -0.389 e. The molecule has 7 heteroatoms. The van der Waals surface area contributed by atoms with Crippen LogP contribution in [0.1, 0.15) is 5.56 Å². The summed E-state index contributed by atoms with van der Waals surface area (Å²) in [4.78, 5) is 2.25. The minimum absolute atomic E-state index is 0.182. The largest absolute Gasteiger partial charge is 0.389 e. The number of hydrogen-bond donors (Lipinski definition) is 1. The molecule has 1 heterocycles. The molecule has 0 unspecified atom stereocenters. The van der Waals surface area contributed by atoms with Gasteiger partial charge in [-0.2, -0.15) is 0 Å². The Kier molecular flexibility index (Phi) is 3.79. The molecule has 1 aliphatic heterocycles. The Hall–Kier alpha value is -0.850. The van der Waals surface area contributed by atoms with E-state index in [4.69, 9.17) is 29.6 Å². The normalized spacial score (nSPS) is 18.6. The maximum absolute atomic E-state index is 11.4. The molecule has 0 aromatic heterocycles. The van der Waals surface area contributed by atoms with Gasteiger partial charge in [-0.15, -0.1) is 0 Å². The Morgan fingerprint density at radius 1 is 1.33 bits per heavy atom. The van der Waals surface area contributed by atoms with Gasteiger partial charge in [0, 0.05) is 24.3 Å². The Balaban J connectivity index is 2.21. The Bertz CT molecular complexity index is 573. The second kappa shape index (κ2) is 5.03. The molecule has 0 saturated carbocycles. The third-order valence-corrected chi connectivity index (χ3v) is 5.07. The van der Waals surface area contributed by atoms with E-state index in [1.165, 1.54) is 0 Å². The van der Waals surface area contributed by atoms with Gasteiger partial charge in [-0.3, -0.25) is 0 Å². The molecule has 2 rings (SSSR count). The van der Waals surface area contributed by atoms with Gasteiger partial charge in [-0.05, 0) is 18.2 Å². The van der Waals surface area contributed by atoms with Crippen LogP contribution in [-0.2, 0) is 9.84 Å². The highest BCUT2D eigenvalue weighted by molar-refractivity contribution is 7.91. The number of hydrogen-bond acceptors (Lipinski definition) is 4. The Morgan fingerprint density at radius 3 is 2.44 bits per heavy atom. The molecule has 98 valence electrons. The number of rotatable bonds is 2. The van der Waals surface area contributed by atoms with E-state index in [1.807, 2.05) is 11.0 Å². The van der Waals surface area contributed by atoms with E-state index in [0.29, 0.717) is 23.7 Å². The van der Waals surface area contributed by atoms with Crippen molar-refractivity contribution in [1.82, 2.24) is 0 Å². The molecule has 0 amide bonds. The summed E-state index contributed by atoms with van der Waals surface area (Å²) in [7, 11) is -2.87. The molecule has 4 nitrogen and oxygen atoms in total. The Labute approximate surface area is 117 Å². The van der Waals surface area contributed by atoms with Crippen LogP contribution in [0.15, 0.2) is 18.2 Å². The fourth-order valence-electron chi connectivity index (χ4n) is 1.87. The van der Waals surface area contributed by atoms with Crippen LogP contribution in [0.25, 0.3) is 0 Å². The molecule has 1 aromatic carbocycles. The van der Waals surface area contributed by atoms with E-state index >= 15 is 0 Å². The van der Waals surface area contributed by atoms with Gasteiger partial charge in [0.05, 0.1) is 16.5 Å². The van der Waals surface area contributed by atoms with Gasteiger partial charge in [0.15, 0.2) is 9.84 Å². The third kappa shape index (κ3) is 2.93. The molecule has 2 N–H and O–H groups in total. The quantitative estimate of drug-likeness (QED) is 0.832. The van der Waals surface area contributed by atoms with Crippen LogP contribution in [0, 0.1) is 0 Å². The molecule has 0 bridgehead atoms. The molecular weight excluding hydrogens is 292 g/mol. The SMILES string of the molecule is NC(=S)c1ccc(N2CCS(=O)(=O)CC2)cc1Cl. The van der Waals surface area contributed by atoms with Crippen LogP contribution in [0.2, 0.25) is 5.02 Å². The van der Waals surface area contributed by atoms with E-state index in [1.54, 1.807) is 12.1 Å². The number of halogens is 1. The van der Waals surface area contributed by atoms with Gasteiger partial charge in [0.1, 0.15) is 4.99 Å². The van der Waals surface area contributed by atoms with Gasteiger partial charge < -0.3 is 10.6 Å². The topological polar surface area (TPSA) is 63.4 Å². The lowest BCUT2D eigenvalue weighted by atomic mass is 10.2. The zero-order valence-electron chi connectivity index (χ0n) is 9.60. The van der Waals surface area contributed by atoms with Crippen molar-refractivity contribution in [1.29, 1.82) is 0 Å². The van der Waals surface area contributed by atoms with E-state index in [9.17, 15) is 8.42 Å². The summed E-state index contributed by atoms with van der Waals surface area (Å²) in [6.07, 6.45) is 0. The lowest BCUT2D eigenvalue weighted by Crippen LogP contribution is -2.40. The highest BCUT2D eigenvalue weighted by atomic mass is 35.5. The molecule has 0 spiro atoms. The zero-order chi connectivity index (χ0) is 13.3. The van der Waals surface area contributed by atoms with Gasteiger partial charge in [0.2, 0.25) is 0 Å². The van der Waals surface area contributed by atoms with Crippen LogP contribution in [-0.4, -0.2) is 38.0 Å². The fraction of sp³-hybridized carbons (Fsp3) is 0.364. The monoisotopic (exact) mass is 304 g/mol. The summed E-state index contributed by atoms with van der Waals surface area (Å²) in [6.45, 7) is 0.982. The number of thiocarbonyl (C=S) groups is 1. The molecule has 1 saturated heterocycles. The van der Waals surface area contributed by atoms with Crippen LogP contribution in [0.5, 0.6) is 0 Å². The molecule has 0 radical (unpaired) electrons. The first-order valence-electron chi connectivity index (χ1n) is 5.44. The molecule has 1 aromatic rings. The van der Waals surface area contributed by atoms with Crippen LogP contribution in [0.4, 0.5) is 5.69 Å². The molecule has 0 atom stereocenters. The first-order chi connectivity index (χ1) is 8.39. The number of nitrogens with two attached hydrogens (primary N) is 1. The predicted molar refractivity (Wildman–Crippen MR) is 78.2 cm³/mol. The Morgan fingerprint density at radius 2 is 1.94 bits per heavy atom. The minimum atomic E-state index is -2.87. The molecule has 0 aliphatic carbocycles. The van der Waals surface area contributed by atoms with Crippen LogP contribution < -0.4 is 10.6 Å². The highest BCUT2D eigenvalue weighted by Gasteiger charge is 2.22. The summed E-state index contributed by atoms with van der Waals surface area (Å²) in [5, 5.41) is 0.494. The summed E-state index contributed by atoms with van der Waals surface area (Å²) in [5.74, 6) is 0.364. The first-order valence-corrected chi connectivity index (χ1v) is 8.04. The van der Waals surface area contributed by atoms with Crippen molar-refractivity contribution in [2.24, 2.45) is 5.73 Å². The molecule has 1 fully saturated rings. The van der Waals surface area contributed by atoms with Crippen LogP contribution >= 0.6 is 23.8 Å². The van der Waals surface area contributed by atoms with Crippen molar-refractivity contribution in [2.75, 3.05) is 29.5 Å². The molecule has 1 aliphatic rings. The number of benzene rings is 1. The van der Waals surface area contributed by atoms with Crippen molar-refractivity contribution >= 4 is 44.3 Å². The van der Waals surface area contributed by atoms with Crippen molar-refractivity contribution in [3.63, 3.8) is 0 Å². The second-order valence-corrected chi connectivity index (χ2v) is 7.32. The average molecular weight is 305 g/mol. The average Bonchev–Trinajstić information content (AvgIpc) is 2.28. The van der Waals surface area contributed by atoms with Gasteiger partial charge in [-0.25, -0.2) is 8.42 Å². The molecular formula is C11H13ClN2O2S2. The number of sulfone groups is 1. The highest BCUT2D eigenvalue weighted by Crippen LogP contribution is 2.24. The van der Waals surface area contributed by atoms with E-state index in [2.05, 4.69) is 0 Å². The second-order valence-electron chi connectivity index (χ2n) is 4.17. The van der Waals surface area contributed by atoms with Gasteiger partial charge in [0.25, 0.3) is 0 Å². The van der Waals surface area contributed by atoms with Crippen molar-refractivity contribution < 1.29 is 8.42 Å². The van der Waals surface area contributed by atoms with E-state index in [0.717, 1.165) is 5.69 Å². The summed E-state index contributed by atoms with van der Waals surface area (Å²) in [5.41, 5.74) is 7.07. The maximum atomic E-state index is 11.4. The smallest absolute Gasteiger partial charge is 0.153 e. The van der Waals surface area contributed by atoms with Crippen LogP contribution in [0.3, 0.4) is 0 Å².